The quantitative estimate of drug-likeness (QED) is 0.884. The van der Waals surface area contributed by atoms with Gasteiger partial charge in [-0.1, -0.05) is 0 Å². The van der Waals surface area contributed by atoms with Crippen LogP contribution in [0, 0.1) is 19.7 Å². The molecule has 1 aliphatic rings. The van der Waals surface area contributed by atoms with Crippen molar-refractivity contribution >= 4 is 17.8 Å². The van der Waals surface area contributed by atoms with Gasteiger partial charge in [0.2, 0.25) is 0 Å². The van der Waals surface area contributed by atoms with Gasteiger partial charge < -0.3 is 15.1 Å². The summed E-state index contributed by atoms with van der Waals surface area (Å²) in [6, 6.07) is 0.250. The lowest BCUT2D eigenvalue weighted by Gasteiger charge is -2.26. The van der Waals surface area contributed by atoms with Crippen LogP contribution in [0.5, 0.6) is 0 Å². The first-order valence-corrected chi connectivity index (χ1v) is 6.79. The molecule has 1 aromatic carbocycles. The minimum Gasteiger partial charge on any atom is -0.480 e. The number of aliphatic carboxylic acids is 2. The Kier molecular flexibility index (Phi) is 4.16. The zero-order chi connectivity index (χ0) is 16.6. The zero-order valence-corrected chi connectivity index (χ0v) is 12.2. The number of likely N-dealkylation sites (tertiary alicyclic amines) is 1. The summed E-state index contributed by atoms with van der Waals surface area (Å²) in [6.45, 7) is 2.99. The van der Waals surface area contributed by atoms with E-state index >= 15 is 0 Å². The average Bonchev–Trinajstić information content (AvgIpc) is 2.88. The molecule has 0 radical (unpaired) electrons. The number of aryl methyl sites for hydroxylation is 2. The first kappa shape index (κ1) is 15.9. The third-order valence-electron chi connectivity index (χ3n) is 3.87. The van der Waals surface area contributed by atoms with E-state index in [9.17, 15) is 29.0 Å². The lowest BCUT2D eigenvalue weighted by molar-refractivity contribution is -0.145. The number of benzene rings is 1. The van der Waals surface area contributed by atoms with Gasteiger partial charge in [0.25, 0.3) is 5.91 Å². The number of carbonyl (C=O) groups excluding carboxylic acids is 1. The highest BCUT2D eigenvalue weighted by Gasteiger charge is 2.44. The van der Waals surface area contributed by atoms with Crippen molar-refractivity contribution in [2.45, 2.75) is 38.8 Å². The number of nitrogens with zero attached hydrogens (tertiary/aromatic N) is 1. The van der Waals surface area contributed by atoms with Gasteiger partial charge in [-0.05, 0) is 49.9 Å². The van der Waals surface area contributed by atoms with Gasteiger partial charge in [0.15, 0.2) is 0 Å². The van der Waals surface area contributed by atoms with Crippen LogP contribution in [0.1, 0.15) is 34.3 Å². The summed E-state index contributed by atoms with van der Waals surface area (Å²) >= 11 is 0. The molecule has 0 bridgehead atoms. The Bertz CT molecular complexity index is 612. The molecular weight excluding hydrogens is 293 g/mol. The summed E-state index contributed by atoms with van der Waals surface area (Å²) in [7, 11) is 0. The molecule has 0 aliphatic carbocycles. The first-order valence-electron chi connectivity index (χ1n) is 6.79. The number of amides is 1. The van der Waals surface area contributed by atoms with Gasteiger partial charge in [0.05, 0.1) is 0 Å². The molecule has 22 heavy (non-hydrogen) atoms. The fourth-order valence-electron chi connectivity index (χ4n) is 2.80. The summed E-state index contributed by atoms with van der Waals surface area (Å²) in [5.74, 6) is -3.63. The molecule has 2 N–H and O–H groups in total. The third-order valence-corrected chi connectivity index (χ3v) is 3.87. The number of carbonyl (C=O) groups is 3. The van der Waals surface area contributed by atoms with Gasteiger partial charge in [-0.25, -0.2) is 14.0 Å². The second-order valence-electron chi connectivity index (χ2n) is 5.42. The first-order chi connectivity index (χ1) is 10.2. The second-order valence-corrected chi connectivity index (χ2v) is 5.42. The van der Waals surface area contributed by atoms with Crippen LogP contribution in [0.25, 0.3) is 0 Å². The van der Waals surface area contributed by atoms with Crippen LogP contribution in [0.4, 0.5) is 4.39 Å². The van der Waals surface area contributed by atoms with Gasteiger partial charge in [-0.15, -0.1) is 0 Å². The molecule has 7 heteroatoms. The van der Waals surface area contributed by atoms with Crippen molar-refractivity contribution < 1.29 is 29.0 Å². The Balaban J connectivity index is 2.44. The Morgan fingerprint density at radius 2 is 1.45 bits per heavy atom. The molecule has 1 saturated heterocycles. The van der Waals surface area contributed by atoms with Crippen molar-refractivity contribution in [3.8, 4) is 0 Å². The van der Waals surface area contributed by atoms with E-state index in [-0.39, 0.29) is 29.5 Å². The maximum absolute atomic E-state index is 13.6. The largest absolute Gasteiger partial charge is 0.480 e. The molecular formula is C15H16FNO5. The highest BCUT2D eigenvalue weighted by Crippen LogP contribution is 2.28. The van der Waals surface area contributed by atoms with Crippen LogP contribution in [-0.2, 0) is 9.59 Å². The normalized spacial score (nSPS) is 21.0. The van der Waals surface area contributed by atoms with Crippen LogP contribution < -0.4 is 0 Å². The minimum absolute atomic E-state index is 0.0806. The third kappa shape index (κ3) is 2.66. The van der Waals surface area contributed by atoms with Crippen molar-refractivity contribution in [1.29, 1.82) is 0 Å². The SMILES string of the molecule is Cc1cc(C(=O)N2C(C(=O)O)CCC2C(=O)O)cc(C)c1F. The van der Waals surface area contributed by atoms with Gasteiger partial charge in [0.1, 0.15) is 17.9 Å². The molecule has 1 amide bonds. The molecule has 2 atom stereocenters. The van der Waals surface area contributed by atoms with E-state index in [0.717, 1.165) is 4.90 Å². The zero-order valence-electron chi connectivity index (χ0n) is 12.2. The van der Waals surface area contributed by atoms with Crippen LogP contribution >= 0.6 is 0 Å². The van der Waals surface area contributed by atoms with Gasteiger partial charge >= 0.3 is 11.9 Å². The fraction of sp³-hybridized carbons (Fsp3) is 0.400. The van der Waals surface area contributed by atoms with Crippen LogP contribution in [0.15, 0.2) is 12.1 Å². The number of carboxylic acid groups (broad SMARTS) is 2. The van der Waals surface area contributed by atoms with Crippen molar-refractivity contribution in [3.63, 3.8) is 0 Å². The number of halogens is 1. The van der Waals surface area contributed by atoms with Gasteiger partial charge in [0, 0.05) is 5.56 Å². The van der Waals surface area contributed by atoms with E-state index in [4.69, 9.17) is 0 Å². The molecule has 118 valence electrons. The summed E-state index contributed by atoms with van der Waals surface area (Å²) in [4.78, 5) is 36.0. The monoisotopic (exact) mass is 309 g/mol. The fourth-order valence-corrected chi connectivity index (χ4v) is 2.80. The van der Waals surface area contributed by atoms with Crippen molar-refractivity contribution in [1.82, 2.24) is 4.90 Å². The highest BCUT2D eigenvalue weighted by atomic mass is 19.1. The molecule has 0 aromatic heterocycles. The lowest BCUT2D eigenvalue weighted by atomic mass is 10.0. The topological polar surface area (TPSA) is 94.9 Å². The van der Waals surface area contributed by atoms with Gasteiger partial charge in [-0.3, -0.25) is 4.79 Å². The van der Waals surface area contributed by atoms with E-state index in [0.29, 0.717) is 0 Å². The van der Waals surface area contributed by atoms with E-state index in [1.165, 1.54) is 26.0 Å². The highest BCUT2D eigenvalue weighted by molar-refractivity contribution is 5.99. The average molecular weight is 309 g/mol. The Morgan fingerprint density at radius 1 is 1.05 bits per heavy atom. The number of carboxylic acids is 2. The predicted molar refractivity (Wildman–Crippen MR) is 74.1 cm³/mol. The van der Waals surface area contributed by atoms with Crippen LogP contribution in [-0.4, -0.2) is 45.0 Å². The molecule has 0 spiro atoms. The van der Waals surface area contributed by atoms with Crippen LogP contribution in [0.2, 0.25) is 0 Å². The summed E-state index contributed by atoms with van der Waals surface area (Å²) in [5.41, 5.74) is 0.596. The molecule has 1 aliphatic heterocycles. The Hall–Kier alpha value is -2.44. The summed E-state index contributed by atoms with van der Waals surface area (Å²) in [6.07, 6.45) is 0.161. The molecule has 2 rings (SSSR count). The molecule has 6 nitrogen and oxygen atoms in total. The maximum Gasteiger partial charge on any atom is 0.326 e. The van der Waals surface area contributed by atoms with E-state index < -0.39 is 35.7 Å². The smallest absolute Gasteiger partial charge is 0.326 e. The number of hydrogen-bond donors (Lipinski definition) is 2. The predicted octanol–water partition coefficient (Wildman–Crippen LogP) is 1.58. The van der Waals surface area contributed by atoms with E-state index in [2.05, 4.69) is 0 Å². The van der Waals surface area contributed by atoms with Gasteiger partial charge in [-0.2, -0.15) is 0 Å². The molecule has 1 heterocycles. The molecule has 0 saturated carbocycles. The van der Waals surface area contributed by atoms with Crippen molar-refractivity contribution in [2.75, 3.05) is 0 Å². The molecule has 1 aromatic rings. The summed E-state index contributed by atoms with van der Waals surface area (Å²) < 4.78 is 13.6. The number of hydrogen-bond acceptors (Lipinski definition) is 3. The maximum atomic E-state index is 13.6. The van der Waals surface area contributed by atoms with Crippen LogP contribution in [0.3, 0.4) is 0 Å². The minimum atomic E-state index is -1.24. The standard InChI is InChI=1S/C15H16FNO5/c1-7-5-9(6-8(2)12(7)16)13(18)17-10(14(19)20)3-4-11(17)15(21)22/h5-6,10-11H,3-4H2,1-2H3,(H,19,20)(H,21,22). The Morgan fingerprint density at radius 3 is 1.82 bits per heavy atom. The molecule has 1 fully saturated rings. The second kappa shape index (κ2) is 5.75. The van der Waals surface area contributed by atoms with E-state index in [1.54, 1.807) is 0 Å². The Labute approximate surface area is 126 Å². The van der Waals surface area contributed by atoms with Crippen molar-refractivity contribution in [2.24, 2.45) is 0 Å². The number of rotatable bonds is 3. The summed E-state index contributed by atoms with van der Waals surface area (Å²) in [5, 5.41) is 18.4. The van der Waals surface area contributed by atoms with Crippen molar-refractivity contribution in [3.05, 3.63) is 34.6 Å². The molecule has 2 unspecified atom stereocenters. The van der Waals surface area contributed by atoms with E-state index in [1.807, 2.05) is 0 Å². The lowest BCUT2D eigenvalue weighted by Crippen LogP contribution is -2.47.